The van der Waals surface area contributed by atoms with Crippen LogP contribution in [0.4, 0.5) is 4.79 Å². The smallest absolute Gasteiger partial charge is 0.484 e. The summed E-state index contributed by atoms with van der Waals surface area (Å²) in [7, 11) is 3.10. The van der Waals surface area contributed by atoms with E-state index < -0.39 is 40.8 Å². The molecule has 0 saturated carbocycles. The van der Waals surface area contributed by atoms with Gasteiger partial charge in [0.15, 0.2) is 12.4 Å². The number of hydrogen-bond donors (Lipinski definition) is 1. The van der Waals surface area contributed by atoms with Crippen molar-refractivity contribution in [2.75, 3.05) is 26.5 Å². The van der Waals surface area contributed by atoms with Gasteiger partial charge in [-0.25, -0.2) is 4.79 Å². The highest BCUT2D eigenvalue weighted by Crippen LogP contribution is 2.34. The van der Waals surface area contributed by atoms with Gasteiger partial charge in [0.05, 0.1) is 5.92 Å². The molecule has 35 heavy (non-hydrogen) atoms. The molecule has 1 N–H and O–H groups in total. The van der Waals surface area contributed by atoms with Gasteiger partial charge in [-0.15, -0.1) is 0 Å². The van der Waals surface area contributed by atoms with Crippen molar-refractivity contribution >= 4 is 28.9 Å². The van der Waals surface area contributed by atoms with E-state index in [-0.39, 0.29) is 17.4 Å². The number of quaternary nitrogens is 1. The lowest BCUT2D eigenvalue weighted by atomic mass is 10.1. The third-order valence-electron chi connectivity index (χ3n) is 6.36. The van der Waals surface area contributed by atoms with Crippen molar-refractivity contribution in [3.05, 3.63) is 65.7 Å². The first-order valence-electron chi connectivity index (χ1n) is 11.4. The van der Waals surface area contributed by atoms with Gasteiger partial charge in [-0.3, -0.25) is 4.79 Å². The van der Waals surface area contributed by atoms with Gasteiger partial charge >= 0.3 is 12.0 Å². The van der Waals surface area contributed by atoms with Gasteiger partial charge in [0.2, 0.25) is 5.12 Å². The van der Waals surface area contributed by atoms with Crippen LogP contribution in [-0.4, -0.2) is 65.4 Å². The Kier molecular flexibility index (Phi) is 9.07. The number of thioether (sulfide) groups is 1. The predicted octanol–water partition coefficient (Wildman–Crippen LogP) is 4.75. The molecule has 1 aliphatic rings. The zero-order chi connectivity index (χ0) is 25.6. The highest BCUT2D eigenvalue weighted by atomic mass is 32.2. The number of likely N-dealkylation sites (tertiary alicyclic amines) is 1. The van der Waals surface area contributed by atoms with Crippen LogP contribution < -0.4 is 4.74 Å². The quantitative estimate of drug-likeness (QED) is 0.387. The van der Waals surface area contributed by atoms with E-state index in [1.165, 1.54) is 0 Å². The van der Waals surface area contributed by atoms with Crippen LogP contribution in [0.3, 0.4) is 0 Å². The van der Waals surface area contributed by atoms with Crippen molar-refractivity contribution in [2.45, 2.75) is 38.7 Å². The molecule has 4 atom stereocenters. The number of nitrogens with zero attached hydrogens (tertiary/aromatic N) is 1. The maximum atomic E-state index is 13.4. The van der Waals surface area contributed by atoms with Gasteiger partial charge in [-0.1, -0.05) is 54.2 Å². The lowest BCUT2D eigenvalue weighted by molar-refractivity contribution is -0.795. The molecule has 0 aliphatic carbocycles. The van der Waals surface area contributed by atoms with Crippen LogP contribution >= 0.6 is 11.8 Å². The number of carbonyl (C=O) groups is 3. The maximum Gasteiger partial charge on any atom is 0.521 e. The fourth-order valence-electron chi connectivity index (χ4n) is 4.48. The van der Waals surface area contributed by atoms with Crippen LogP contribution in [0.2, 0.25) is 0 Å². The molecule has 9 heteroatoms. The van der Waals surface area contributed by atoms with E-state index >= 15 is 0 Å². The number of hydrogen-bond acceptors (Lipinski definition) is 7. The van der Waals surface area contributed by atoms with Gasteiger partial charge < -0.3 is 19.3 Å². The fourth-order valence-corrected chi connectivity index (χ4v) is 5.32. The van der Waals surface area contributed by atoms with E-state index in [9.17, 15) is 19.5 Å². The summed E-state index contributed by atoms with van der Waals surface area (Å²) in [6.45, 7) is 3.46. The van der Waals surface area contributed by atoms with Crippen LogP contribution in [0.1, 0.15) is 42.5 Å². The second kappa shape index (κ2) is 11.8. The second-order valence-electron chi connectivity index (χ2n) is 8.73. The van der Waals surface area contributed by atoms with Gasteiger partial charge in [-0.2, -0.15) is 9.28 Å². The zero-order valence-electron chi connectivity index (χ0n) is 20.4. The van der Waals surface area contributed by atoms with Crippen molar-refractivity contribution in [3.63, 3.8) is 0 Å². The maximum absolute atomic E-state index is 13.4. The topological polar surface area (TPSA) is 99.1 Å². The summed E-state index contributed by atoms with van der Waals surface area (Å²) >= 11 is 1.03. The standard InChI is InChI=1S/C26H31NO7S/c1-17(16-35-24(29)19-8-6-5-7-9-19)23(28)27(26(30)31)15-22(14-18(27)2)34-21-12-10-20(11-13-21)25(32-3)33-4/h5-13,17-18,22,25H,14-16H2,1-4H3/p+1/t17?,18?,22-,27-/m0/s1. The van der Waals surface area contributed by atoms with Crippen LogP contribution in [0.5, 0.6) is 5.75 Å². The number of carbonyl (C=O) groups excluding carboxylic acids is 2. The molecule has 2 aromatic rings. The fraction of sp³-hybridized carbons (Fsp3) is 0.423. The second-order valence-corrected chi connectivity index (χ2v) is 9.73. The van der Waals surface area contributed by atoms with Gasteiger partial charge in [-0.05, 0) is 26.0 Å². The minimum absolute atomic E-state index is 0.0253. The third kappa shape index (κ3) is 5.92. The monoisotopic (exact) mass is 502 g/mol. The highest BCUT2D eigenvalue weighted by Gasteiger charge is 2.58. The molecule has 2 amide bonds. The Hall–Kier alpha value is -2.72. The largest absolute Gasteiger partial charge is 0.521 e. The summed E-state index contributed by atoms with van der Waals surface area (Å²) in [5.41, 5.74) is 1.37. The Balaban J connectivity index is 1.67. The normalized spacial score (nSPS) is 22.7. The molecule has 3 rings (SSSR count). The Bertz CT molecular complexity index is 1030. The number of benzene rings is 2. The molecule has 1 saturated heterocycles. The van der Waals surface area contributed by atoms with E-state index in [0.717, 1.165) is 17.3 Å². The van der Waals surface area contributed by atoms with Crippen LogP contribution in [0.25, 0.3) is 0 Å². The molecule has 1 heterocycles. The lowest BCUT2D eigenvalue weighted by Crippen LogP contribution is -2.61. The Morgan fingerprint density at radius 1 is 1.06 bits per heavy atom. The van der Waals surface area contributed by atoms with Crippen molar-refractivity contribution in [3.8, 4) is 5.75 Å². The van der Waals surface area contributed by atoms with Gasteiger partial charge in [0.25, 0.3) is 0 Å². The van der Waals surface area contributed by atoms with Crippen LogP contribution in [0.15, 0.2) is 54.6 Å². The van der Waals surface area contributed by atoms with Gasteiger partial charge in [0, 0.05) is 37.5 Å². The molecule has 0 bridgehead atoms. The van der Waals surface area contributed by atoms with E-state index in [1.54, 1.807) is 64.5 Å². The van der Waals surface area contributed by atoms with E-state index in [2.05, 4.69) is 0 Å². The first-order chi connectivity index (χ1) is 16.7. The summed E-state index contributed by atoms with van der Waals surface area (Å²) in [4.78, 5) is 38.3. The van der Waals surface area contributed by atoms with E-state index in [1.807, 2.05) is 18.2 Å². The highest BCUT2D eigenvalue weighted by molar-refractivity contribution is 8.14. The molecular formula is C26H32NO7S+. The Morgan fingerprint density at radius 3 is 2.26 bits per heavy atom. The number of methoxy groups -OCH3 is 2. The Labute approximate surface area is 209 Å². The number of rotatable bonds is 9. The zero-order valence-corrected chi connectivity index (χ0v) is 21.2. The molecule has 2 aromatic carbocycles. The molecule has 0 radical (unpaired) electrons. The minimum atomic E-state index is -1.20. The molecule has 0 spiro atoms. The first-order valence-corrected chi connectivity index (χ1v) is 12.4. The third-order valence-corrected chi connectivity index (χ3v) is 7.53. The van der Waals surface area contributed by atoms with Crippen molar-refractivity contribution in [1.29, 1.82) is 0 Å². The summed E-state index contributed by atoms with van der Waals surface area (Å²) in [5, 5.41) is 10.00. The molecule has 2 unspecified atom stereocenters. The van der Waals surface area contributed by atoms with Crippen molar-refractivity contribution in [1.82, 2.24) is 0 Å². The minimum Gasteiger partial charge on any atom is -0.484 e. The summed E-state index contributed by atoms with van der Waals surface area (Å²) < 4.78 is 15.8. The summed E-state index contributed by atoms with van der Waals surface area (Å²) in [5.74, 6) is -0.251. The molecule has 188 valence electrons. The average molecular weight is 503 g/mol. The molecular weight excluding hydrogens is 470 g/mol. The number of ether oxygens (including phenoxy) is 3. The molecule has 1 aliphatic heterocycles. The summed E-state index contributed by atoms with van der Waals surface area (Å²) in [6, 6.07) is 15.5. The summed E-state index contributed by atoms with van der Waals surface area (Å²) in [6.07, 6.45) is -1.71. The predicted molar refractivity (Wildman–Crippen MR) is 132 cm³/mol. The number of amides is 2. The average Bonchev–Trinajstić information content (AvgIpc) is 3.20. The SMILES string of the molecule is COC(OC)c1ccc(O[C@H]2CC(C)[N@+](C(=O)O)(C(=O)C(C)CSC(=O)c3ccccc3)C2)cc1. The molecule has 1 fully saturated rings. The first kappa shape index (κ1) is 26.9. The van der Waals surface area contributed by atoms with Gasteiger partial charge in [0.1, 0.15) is 18.3 Å². The van der Waals surface area contributed by atoms with Crippen molar-refractivity contribution < 1.29 is 38.2 Å². The molecule has 0 aromatic heterocycles. The number of imide groups is 1. The van der Waals surface area contributed by atoms with Crippen LogP contribution in [-0.2, 0) is 14.3 Å². The number of carboxylic acid groups (broad SMARTS) is 1. The lowest BCUT2D eigenvalue weighted by Gasteiger charge is -2.31. The van der Waals surface area contributed by atoms with E-state index in [0.29, 0.717) is 17.7 Å². The molecule has 8 nitrogen and oxygen atoms in total. The Morgan fingerprint density at radius 2 is 1.69 bits per heavy atom. The van der Waals surface area contributed by atoms with E-state index in [4.69, 9.17) is 14.2 Å². The van der Waals surface area contributed by atoms with Crippen molar-refractivity contribution in [2.24, 2.45) is 5.92 Å². The van der Waals surface area contributed by atoms with Crippen LogP contribution in [0, 0.1) is 5.92 Å².